The first-order valence-electron chi connectivity index (χ1n) is 11.1. The lowest BCUT2D eigenvalue weighted by atomic mass is 10.1. The Bertz CT molecular complexity index is 1450. The van der Waals surface area contributed by atoms with Crippen LogP contribution in [0.5, 0.6) is 17.2 Å². The van der Waals surface area contributed by atoms with Crippen LogP contribution in [0.4, 0.5) is 0 Å². The second kappa shape index (κ2) is 9.38. The highest BCUT2D eigenvalue weighted by molar-refractivity contribution is 6.15. The van der Waals surface area contributed by atoms with Gasteiger partial charge in [-0.15, -0.1) is 0 Å². The number of fused-ring (bicyclic) bond motifs is 2. The number of ketones is 1. The number of Topliss-reactive ketones (excluding diaryl/α,β-unsaturated/α-hetero) is 1. The number of hydrogen-bond acceptors (Lipinski definition) is 6. The fraction of sp³-hybridized carbons (Fsp3) is 0.143. The maximum absolute atomic E-state index is 12.9. The Kier molecular flexibility index (Phi) is 5.97. The summed E-state index contributed by atoms with van der Waals surface area (Å²) >= 11 is 0. The second-order valence-electron chi connectivity index (χ2n) is 8.11. The van der Waals surface area contributed by atoms with Gasteiger partial charge >= 0.3 is 5.97 Å². The number of carbonyl (C=O) groups is 2. The molecule has 0 unspecified atom stereocenters. The van der Waals surface area contributed by atoms with E-state index in [0.29, 0.717) is 17.1 Å². The Morgan fingerprint density at radius 1 is 1.03 bits per heavy atom. The number of aromatic nitrogens is 1. The van der Waals surface area contributed by atoms with Gasteiger partial charge in [-0.25, -0.2) is 4.79 Å². The third-order valence-electron chi connectivity index (χ3n) is 5.75. The van der Waals surface area contributed by atoms with Gasteiger partial charge in [-0.05, 0) is 42.0 Å². The smallest absolute Gasteiger partial charge is 0.344 e. The Labute approximate surface area is 202 Å². The molecule has 0 radical (unpaired) electrons. The number of rotatable bonds is 7. The van der Waals surface area contributed by atoms with Gasteiger partial charge in [-0.2, -0.15) is 0 Å². The molecule has 176 valence electrons. The quantitative estimate of drug-likeness (QED) is 0.282. The summed E-state index contributed by atoms with van der Waals surface area (Å²) in [7, 11) is 3.56. The van der Waals surface area contributed by atoms with E-state index in [-0.39, 0.29) is 24.8 Å². The highest BCUT2D eigenvalue weighted by Crippen LogP contribution is 2.36. The van der Waals surface area contributed by atoms with Crippen LogP contribution in [0.3, 0.4) is 0 Å². The van der Waals surface area contributed by atoms with E-state index in [1.165, 1.54) is 0 Å². The first-order valence-corrected chi connectivity index (χ1v) is 11.1. The topological polar surface area (TPSA) is 76.0 Å². The first kappa shape index (κ1) is 22.3. The minimum atomic E-state index is -0.488. The molecule has 0 saturated carbocycles. The number of hydrogen-bond donors (Lipinski definition) is 0. The number of esters is 1. The van der Waals surface area contributed by atoms with Crippen molar-refractivity contribution in [3.8, 4) is 17.2 Å². The predicted octanol–water partition coefficient (Wildman–Crippen LogP) is 4.93. The highest BCUT2D eigenvalue weighted by Gasteiger charge is 2.28. The number of nitrogens with zero attached hydrogens (tertiary/aromatic N) is 1. The van der Waals surface area contributed by atoms with Crippen molar-refractivity contribution in [2.45, 2.75) is 6.61 Å². The van der Waals surface area contributed by atoms with E-state index in [2.05, 4.69) is 0 Å². The summed E-state index contributed by atoms with van der Waals surface area (Å²) in [5.74, 6) is 1.04. The molecule has 0 N–H and O–H groups in total. The number of ether oxygens (including phenoxy) is 4. The Hall–Kier alpha value is -4.52. The van der Waals surface area contributed by atoms with Crippen molar-refractivity contribution in [1.29, 1.82) is 0 Å². The van der Waals surface area contributed by atoms with Gasteiger partial charge in [0, 0.05) is 35.8 Å². The number of benzene rings is 3. The molecule has 0 bridgehead atoms. The number of aryl methyl sites for hydroxylation is 1. The molecule has 0 spiro atoms. The predicted molar refractivity (Wildman–Crippen MR) is 131 cm³/mol. The summed E-state index contributed by atoms with van der Waals surface area (Å²) in [6.07, 6.45) is 3.66. The van der Waals surface area contributed by atoms with Crippen molar-refractivity contribution >= 4 is 28.7 Å². The van der Waals surface area contributed by atoms with E-state index in [4.69, 9.17) is 18.9 Å². The normalized spacial score (nSPS) is 13.5. The molecular formula is C28H23NO6. The molecule has 1 aliphatic heterocycles. The molecule has 0 saturated heterocycles. The van der Waals surface area contributed by atoms with Crippen LogP contribution < -0.4 is 14.2 Å². The lowest BCUT2D eigenvalue weighted by molar-refractivity contribution is -0.147. The summed E-state index contributed by atoms with van der Waals surface area (Å²) in [6, 6.07) is 20.1. The molecule has 35 heavy (non-hydrogen) atoms. The van der Waals surface area contributed by atoms with Crippen LogP contribution in [0.15, 0.2) is 78.7 Å². The summed E-state index contributed by atoms with van der Waals surface area (Å²) in [6.45, 7) is -0.0703. The Morgan fingerprint density at radius 3 is 2.63 bits per heavy atom. The first-order chi connectivity index (χ1) is 17.0. The minimum absolute atomic E-state index is 0.180. The van der Waals surface area contributed by atoms with E-state index in [0.717, 1.165) is 27.8 Å². The molecule has 2 heterocycles. The molecule has 1 aliphatic rings. The van der Waals surface area contributed by atoms with E-state index in [1.807, 2.05) is 66.3 Å². The van der Waals surface area contributed by atoms with Gasteiger partial charge in [-0.1, -0.05) is 30.3 Å². The standard InChI is InChI=1S/C28H23NO6/c1-29-15-19(23-13-20(32-2)9-11-24(23)29)12-26-28(31)22-10-8-21(14-25(22)35-26)33-17-27(30)34-16-18-6-4-3-5-7-18/h3-15H,16-17H2,1-2H3/b26-12+. The molecular weight excluding hydrogens is 446 g/mol. The van der Waals surface area contributed by atoms with Crippen LogP contribution in [0.1, 0.15) is 21.5 Å². The van der Waals surface area contributed by atoms with Crippen molar-refractivity contribution in [3.63, 3.8) is 0 Å². The van der Waals surface area contributed by atoms with Crippen LogP contribution in [-0.2, 0) is 23.2 Å². The van der Waals surface area contributed by atoms with Crippen molar-refractivity contribution in [2.24, 2.45) is 7.05 Å². The maximum atomic E-state index is 12.9. The molecule has 0 amide bonds. The SMILES string of the molecule is COc1ccc2c(c1)c(/C=C1/Oc3cc(OCC(=O)OCc4ccccc4)ccc3C1=O)cn2C. The fourth-order valence-corrected chi connectivity index (χ4v) is 3.96. The van der Waals surface area contributed by atoms with Crippen LogP contribution >= 0.6 is 0 Å². The number of allylic oxidation sites excluding steroid dienone is 1. The van der Waals surface area contributed by atoms with E-state index in [9.17, 15) is 9.59 Å². The van der Waals surface area contributed by atoms with Gasteiger partial charge in [0.25, 0.3) is 0 Å². The molecule has 7 heteroatoms. The van der Waals surface area contributed by atoms with Crippen molar-refractivity contribution in [2.75, 3.05) is 13.7 Å². The molecule has 7 nitrogen and oxygen atoms in total. The monoisotopic (exact) mass is 469 g/mol. The maximum Gasteiger partial charge on any atom is 0.344 e. The fourth-order valence-electron chi connectivity index (χ4n) is 3.96. The minimum Gasteiger partial charge on any atom is -0.497 e. The zero-order chi connectivity index (χ0) is 24.4. The molecule has 5 rings (SSSR count). The summed E-state index contributed by atoms with van der Waals surface area (Å²) in [5.41, 5.74) is 3.19. The Morgan fingerprint density at radius 2 is 1.83 bits per heavy atom. The van der Waals surface area contributed by atoms with E-state index >= 15 is 0 Å². The van der Waals surface area contributed by atoms with Gasteiger partial charge in [0.1, 0.15) is 23.9 Å². The highest BCUT2D eigenvalue weighted by atomic mass is 16.6. The zero-order valence-corrected chi connectivity index (χ0v) is 19.3. The second-order valence-corrected chi connectivity index (χ2v) is 8.11. The molecule has 4 aromatic rings. The lowest BCUT2D eigenvalue weighted by Gasteiger charge is -2.08. The van der Waals surface area contributed by atoms with E-state index in [1.54, 1.807) is 31.4 Å². The van der Waals surface area contributed by atoms with Gasteiger partial charge in [0.05, 0.1) is 12.7 Å². The van der Waals surface area contributed by atoms with Crippen LogP contribution in [-0.4, -0.2) is 30.0 Å². The summed E-state index contributed by atoms with van der Waals surface area (Å²) < 4.78 is 24.0. The van der Waals surface area contributed by atoms with Crippen LogP contribution in [0.2, 0.25) is 0 Å². The number of carbonyl (C=O) groups excluding carboxylic acids is 2. The van der Waals surface area contributed by atoms with Gasteiger partial charge in [0.2, 0.25) is 5.78 Å². The van der Waals surface area contributed by atoms with Crippen molar-refractivity contribution < 1.29 is 28.5 Å². The van der Waals surface area contributed by atoms with Crippen LogP contribution in [0.25, 0.3) is 17.0 Å². The molecule has 3 aromatic carbocycles. The number of methoxy groups -OCH3 is 1. The molecule has 1 aromatic heterocycles. The largest absolute Gasteiger partial charge is 0.497 e. The third-order valence-corrected chi connectivity index (χ3v) is 5.75. The Balaban J connectivity index is 1.28. The molecule has 0 fully saturated rings. The van der Waals surface area contributed by atoms with E-state index < -0.39 is 5.97 Å². The average molecular weight is 469 g/mol. The lowest BCUT2D eigenvalue weighted by Crippen LogP contribution is -2.14. The van der Waals surface area contributed by atoms with Crippen LogP contribution in [0, 0.1) is 0 Å². The molecule has 0 atom stereocenters. The van der Waals surface area contributed by atoms with Crippen molar-refractivity contribution in [3.05, 3.63) is 95.4 Å². The summed E-state index contributed by atoms with van der Waals surface area (Å²) in [5, 5.41) is 0.949. The average Bonchev–Trinajstić information content (AvgIpc) is 3.37. The summed E-state index contributed by atoms with van der Waals surface area (Å²) in [4.78, 5) is 25.0. The van der Waals surface area contributed by atoms with Gasteiger partial charge in [0.15, 0.2) is 12.4 Å². The van der Waals surface area contributed by atoms with Crippen molar-refractivity contribution in [1.82, 2.24) is 4.57 Å². The zero-order valence-electron chi connectivity index (χ0n) is 19.3. The van der Waals surface area contributed by atoms with Gasteiger partial charge < -0.3 is 23.5 Å². The third kappa shape index (κ3) is 4.61. The van der Waals surface area contributed by atoms with Gasteiger partial charge in [-0.3, -0.25) is 4.79 Å². The molecule has 0 aliphatic carbocycles.